The smallest absolute Gasteiger partial charge is 0.0446 e. The van der Waals surface area contributed by atoms with Gasteiger partial charge < -0.3 is 10.2 Å². The van der Waals surface area contributed by atoms with Gasteiger partial charge in [-0.3, -0.25) is 0 Å². The third kappa shape index (κ3) is 2.01. The molecule has 2 aliphatic rings. The minimum Gasteiger partial charge on any atom is -0.370 e. The Kier molecular flexibility index (Phi) is 2.96. The summed E-state index contributed by atoms with van der Waals surface area (Å²) in [6.07, 6.45) is 0. The molecule has 0 aromatic heterocycles. The number of para-hydroxylation sites is 1. The Morgan fingerprint density at radius 3 is 2.20 bits per heavy atom. The van der Waals surface area contributed by atoms with Gasteiger partial charge >= 0.3 is 0 Å². The van der Waals surface area contributed by atoms with Crippen LogP contribution in [0.2, 0.25) is 0 Å². The number of benzene rings is 2. The van der Waals surface area contributed by atoms with E-state index in [0.29, 0.717) is 0 Å². The van der Waals surface area contributed by atoms with Crippen LogP contribution in [0.3, 0.4) is 0 Å². The summed E-state index contributed by atoms with van der Waals surface area (Å²) < 4.78 is 0. The van der Waals surface area contributed by atoms with E-state index in [2.05, 4.69) is 64.8 Å². The van der Waals surface area contributed by atoms with Gasteiger partial charge in [-0.05, 0) is 23.5 Å². The highest BCUT2D eigenvalue weighted by atomic mass is 15.2. The van der Waals surface area contributed by atoms with Crippen molar-refractivity contribution >= 4 is 5.69 Å². The minimum absolute atomic E-state index is 0.832. The van der Waals surface area contributed by atoms with Crippen molar-refractivity contribution in [3.05, 3.63) is 54.6 Å². The fourth-order valence-corrected chi connectivity index (χ4v) is 3.66. The molecule has 2 aliphatic heterocycles. The molecule has 2 fully saturated rings. The maximum Gasteiger partial charge on any atom is 0.0446 e. The summed E-state index contributed by atoms with van der Waals surface area (Å²) in [4.78, 5) is 2.58. The Bertz CT molecular complexity index is 581. The first-order valence-corrected chi connectivity index (χ1v) is 7.52. The van der Waals surface area contributed by atoms with Crippen molar-refractivity contribution in [2.45, 2.75) is 0 Å². The quantitative estimate of drug-likeness (QED) is 0.897. The molecule has 2 unspecified atom stereocenters. The van der Waals surface area contributed by atoms with Gasteiger partial charge in [0.15, 0.2) is 0 Å². The molecule has 2 nitrogen and oxygen atoms in total. The maximum absolute atomic E-state index is 3.52. The molecule has 102 valence electrons. The Labute approximate surface area is 120 Å². The highest BCUT2D eigenvalue weighted by Crippen LogP contribution is 2.36. The molecular formula is C18H20N2. The molecule has 0 aliphatic carbocycles. The van der Waals surface area contributed by atoms with Crippen LogP contribution in [-0.2, 0) is 0 Å². The molecule has 2 heterocycles. The highest BCUT2D eigenvalue weighted by molar-refractivity contribution is 5.78. The van der Waals surface area contributed by atoms with Gasteiger partial charge in [0.05, 0.1) is 0 Å². The zero-order chi connectivity index (χ0) is 13.4. The fraction of sp³-hybridized carbons (Fsp3) is 0.333. The van der Waals surface area contributed by atoms with E-state index in [0.717, 1.165) is 11.8 Å². The highest BCUT2D eigenvalue weighted by Gasteiger charge is 2.36. The van der Waals surface area contributed by atoms with E-state index in [-0.39, 0.29) is 0 Å². The van der Waals surface area contributed by atoms with E-state index in [1.807, 2.05) is 0 Å². The summed E-state index contributed by atoms with van der Waals surface area (Å²) in [6.45, 7) is 4.77. The summed E-state index contributed by atoms with van der Waals surface area (Å²) in [7, 11) is 0. The van der Waals surface area contributed by atoms with E-state index in [1.165, 1.54) is 43.0 Å². The molecular weight excluding hydrogens is 244 g/mol. The van der Waals surface area contributed by atoms with E-state index in [1.54, 1.807) is 0 Å². The molecule has 0 spiro atoms. The van der Waals surface area contributed by atoms with Gasteiger partial charge in [-0.1, -0.05) is 48.5 Å². The van der Waals surface area contributed by atoms with Gasteiger partial charge in [-0.2, -0.15) is 0 Å². The van der Waals surface area contributed by atoms with E-state index < -0.39 is 0 Å². The zero-order valence-electron chi connectivity index (χ0n) is 11.6. The van der Waals surface area contributed by atoms with E-state index in [9.17, 15) is 0 Å². The number of nitrogens with one attached hydrogen (secondary N) is 1. The first-order valence-electron chi connectivity index (χ1n) is 7.52. The molecule has 20 heavy (non-hydrogen) atoms. The second-order valence-electron chi connectivity index (χ2n) is 5.97. The van der Waals surface area contributed by atoms with Crippen molar-refractivity contribution in [2.75, 3.05) is 31.1 Å². The Morgan fingerprint density at radius 1 is 0.800 bits per heavy atom. The molecule has 2 aromatic carbocycles. The molecule has 0 radical (unpaired) electrons. The molecule has 4 rings (SSSR count). The number of nitrogens with zero attached hydrogens (tertiary/aromatic N) is 1. The second kappa shape index (κ2) is 4.95. The van der Waals surface area contributed by atoms with Gasteiger partial charge in [0, 0.05) is 37.4 Å². The number of anilines is 1. The average molecular weight is 264 g/mol. The second-order valence-corrected chi connectivity index (χ2v) is 5.97. The monoisotopic (exact) mass is 264 g/mol. The third-order valence-corrected chi connectivity index (χ3v) is 4.72. The average Bonchev–Trinajstić information content (AvgIpc) is 3.09. The normalized spacial score (nSPS) is 24.9. The van der Waals surface area contributed by atoms with E-state index in [4.69, 9.17) is 0 Å². The van der Waals surface area contributed by atoms with Crippen LogP contribution in [0, 0.1) is 11.8 Å². The molecule has 2 atom stereocenters. The van der Waals surface area contributed by atoms with Crippen molar-refractivity contribution in [3.8, 4) is 11.1 Å². The number of hydrogen-bond acceptors (Lipinski definition) is 2. The van der Waals surface area contributed by atoms with Crippen LogP contribution in [0.25, 0.3) is 11.1 Å². The topological polar surface area (TPSA) is 15.3 Å². The lowest BCUT2D eigenvalue weighted by Crippen LogP contribution is -2.25. The molecule has 0 amide bonds. The lowest BCUT2D eigenvalue weighted by Gasteiger charge is -2.23. The SMILES string of the molecule is c1ccc(-c2ccccc2N2CC3CNCC3C2)cc1. The van der Waals surface area contributed by atoms with Crippen molar-refractivity contribution in [3.63, 3.8) is 0 Å². The van der Waals surface area contributed by atoms with Crippen LogP contribution in [0.4, 0.5) is 5.69 Å². The first kappa shape index (κ1) is 12.0. The predicted molar refractivity (Wildman–Crippen MR) is 83.9 cm³/mol. The molecule has 2 saturated heterocycles. The summed E-state index contributed by atoms with van der Waals surface area (Å²) in [6, 6.07) is 19.6. The summed E-state index contributed by atoms with van der Waals surface area (Å²) in [5.74, 6) is 1.66. The molecule has 0 bridgehead atoms. The van der Waals surface area contributed by atoms with Crippen molar-refractivity contribution < 1.29 is 0 Å². The lowest BCUT2D eigenvalue weighted by molar-refractivity contribution is 0.533. The minimum atomic E-state index is 0.832. The number of hydrogen-bond donors (Lipinski definition) is 1. The van der Waals surface area contributed by atoms with E-state index >= 15 is 0 Å². The third-order valence-electron chi connectivity index (χ3n) is 4.72. The maximum atomic E-state index is 3.52. The molecule has 0 saturated carbocycles. The van der Waals surface area contributed by atoms with Gasteiger partial charge in [0.25, 0.3) is 0 Å². The first-order chi connectivity index (χ1) is 9.92. The zero-order valence-corrected chi connectivity index (χ0v) is 11.6. The van der Waals surface area contributed by atoms with Crippen LogP contribution in [0.5, 0.6) is 0 Å². The van der Waals surface area contributed by atoms with Gasteiger partial charge in [-0.25, -0.2) is 0 Å². The molecule has 1 N–H and O–H groups in total. The van der Waals surface area contributed by atoms with Crippen LogP contribution in [0.1, 0.15) is 0 Å². The standard InChI is InChI=1S/C18H20N2/c1-2-6-14(7-3-1)17-8-4-5-9-18(17)20-12-15-10-19-11-16(15)13-20/h1-9,15-16,19H,10-13H2. The summed E-state index contributed by atoms with van der Waals surface area (Å²) in [5.41, 5.74) is 4.08. The van der Waals surface area contributed by atoms with Crippen molar-refractivity contribution in [1.82, 2.24) is 5.32 Å². The molecule has 2 heteroatoms. The number of rotatable bonds is 2. The van der Waals surface area contributed by atoms with Crippen LogP contribution >= 0.6 is 0 Å². The Morgan fingerprint density at radius 2 is 1.45 bits per heavy atom. The lowest BCUT2D eigenvalue weighted by atomic mass is 10.0. The Balaban J connectivity index is 1.69. The van der Waals surface area contributed by atoms with Crippen molar-refractivity contribution in [2.24, 2.45) is 11.8 Å². The van der Waals surface area contributed by atoms with Gasteiger partial charge in [0.2, 0.25) is 0 Å². The predicted octanol–water partition coefficient (Wildman–Crippen LogP) is 3.01. The fourth-order valence-electron chi connectivity index (χ4n) is 3.66. The summed E-state index contributed by atoms with van der Waals surface area (Å²) >= 11 is 0. The van der Waals surface area contributed by atoms with Gasteiger partial charge in [0.1, 0.15) is 0 Å². The van der Waals surface area contributed by atoms with Crippen LogP contribution in [-0.4, -0.2) is 26.2 Å². The number of fused-ring (bicyclic) bond motifs is 1. The largest absolute Gasteiger partial charge is 0.370 e. The van der Waals surface area contributed by atoms with Crippen molar-refractivity contribution in [1.29, 1.82) is 0 Å². The van der Waals surface area contributed by atoms with Crippen LogP contribution in [0.15, 0.2) is 54.6 Å². The Hall–Kier alpha value is -1.80. The summed E-state index contributed by atoms with van der Waals surface area (Å²) in [5, 5.41) is 3.52. The van der Waals surface area contributed by atoms with Crippen LogP contribution < -0.4 is 10.2 Å². The van der Waals surface area contributed by atoms with Gasteiger partial charge in [-0.15, -0.1) is 0 Å². The molecule has 2 aromatic rings.